The summed E-state index contributed by atoms with van der Waals surface area (Å²) in [6, 6.07) is 4.53. The molecule has 0 radical (unpaired) electrons. The molecular weight excluding hydrogens is 313 g/mol. The lowest BCUT2D eigenvalue weighted by molar-refractivity contribution is 0.138. The molecule has 24 heavy (non-hydrogen) atoms. The van der Waals surface area contributed by atoms with Gasteiger partial charge < -0.3 is 14.7 Å². The molecule has 1 aliphatic heterocycles. The summed E-state index contributed by atoms with van der Waals surface area (Å²) < 4.78 is 19.5. The first-order valence-electron chi connectivity index (χ1n) is 7.89. The zero-order valence-electron chi connectivity index (χ0n) is 12.9. The Morgan fingerprint density at radius 2 is 2.17 bits per heavy atom. The lowest BCUT2D eigenvalue weighted by Gasteiger charge is -2.26. The smallest absolute Gasteiger partial charge is 0.407 e. The average Bonchev–Trinajstić information content (AvgIpc) is 3.41. The fourth-order valence-corrected chi connectivity index (χ4v) is 3.01. The Hall–Kier alpha value is -2.70. The minimum Gasteiger partial charge on any atom is -0.465 e. The van der Waals surface area contributed by atoms with Crippen LogP contribution in [0.15, 0.2) is 24.5 Å². The van der Waals surface area contributed by atoms with Crippen molar-refractivity contribution < 1.29 is 19.0 Å². The van der Waals surface area contributed by atoms with Crippen LogP contribution in [0.5, 0.6) is 11.6 Å². The molecule has 0 atom stereocenters. The van der Waals surface area contributed by atoms with E-state index >= 15 is 0 Å². The van der Waals surface area contributed by atoms with Crippen LogP contribution in [0.3, 0.4) is 0 Å². The molecule has 124 valence electrons. The first kappa shape index (κ1) is 14.9. The fraction of sp³-hybridized carbons (Fsp3) is 0.353. The summed E-state index contributed by atoms with van der Waals surface area (Å²) in [5, 5.41) is 9.11. The quantitative estimate of drug-likeness (QED) is 0.935. The number of hydrogen-bond acceptors (Lipinski definition) is 4. The first-order valence-corrected chi connectivity index (χ1v) is 7.89. The molecule has 0 spiro atoms. The molecule has 1 fully saturated rings. The lowest BCUT2D eigenvalue weighted by atomic mass is 10.1. The van der Waals surface area contributed by atoms with Gasteiger partial charge in [0.25, 0.3) is 0 Å². The van der Waals surface area contributed by atoms with Crippen molar-refractivity contribution in [2.75, 3.05) is 6.54 Å². The van der Waals surface area contributed by atoms with E-state index in [1.165, 1.54) is 23.4 Å². The lowest BCUT2D eigenvalue weighted by Crippen LogP contribution is -2.35. The second-order valence-corrected chi connectivity index (χ2v) is 6.12. The SMILES string of the molecule is O=C(O)N1CCc2c(ncnc2Oc2ccc(F)cc2C2CC2)C1. The maximum Gasteiger partial charge on any atom is 0.407 e. The zero-order chi connectivity index (χ0) is 16.7. The van der Waals surface area contributed by atoms with Crippen molar-refractivity contribution >= 4 is 6.09 Å². The molecule has 1 N–H and O–H groups in total. The van der Waals surface area contributed by atoms with Crippen LogP contribution >= 0.6 is 0 Å². The molecule has 0 bridgehead atoms. The van der Waals surface area contributed by atoms with Gasteiger partial charge >= 0.3 is 6.09 Å². The second kappa shape index (κ2) is 5.74. The number of carbonyl (C=O) groups is 1. The number of carboxylic acid groups (broad SMARTS) is 1. The molecule has 7 heteroatoms. The summed E-state index contributed by atoms with van der Waals surface area (Å²) in [5.74, 6) is 1.11. The molecule has 1 saturated carbocycles. The molecule has 1 aliphatic carbocycles. The largest absolute Gasteiger partial charge is 0.465 e. The number of hydrogen-bond donors (Lipinski definition) is 1. The highest BCUT2D eigenvalue weighted by Crippen LogP contribution is 2.45. The van der Waals surface area contributed by atoms with Crippen LogP contribution in [-0.4, -0.2) is 32.6 Å². The van der Waals surface area contributed by atoms with E-state index in [2.05, 4.69) is 9.97 Å². The van der Waals surface area contributed by atoms with E-state index in [1.54, 1.807) is 6.07 Å². The van der Waals surface area contributed by atoms with Gasteiger partial charge in [0.05, 0.1) is 12.2 Å². The van der Waals surface area contributed by atoms with Crippen molar-refractivity contribution in [1.29, 1.82) is 0 Å². The number of aromatic nitrogens is 2. The van der Waals surface area contributed by atoms with Gasteiger partial charge in [0.2, 0.25) is 5.88 Å². The van der Waals surface area contributed by atoms with Crippen LogP contribution in [0.25, 0.3) is 0 Å². The van der Waals surface area contributed by atoms with E-state index in [9.17, 15) is 9.18 Å². The van der Waals surface area contributed by atoms with E-state index in [0.717, 1.165) is 24.0 Å². The molecule has 2 heterocycles. The maximum absolute atomic E-state index is 13.5. The van der Waals surface area contributed by atoms with Gasteiger partial charge in [0, 0.05) is 17.7 Å². The third-order valence-electron chi connectivity index (χ3n) is 4.43. The van der Waals surface area contributed by atoms with Crippen molar-refractivity contribution in [3.63, 3.8) is 0 Å². The van der Waals surface area contributed by atoms with Gasteiger partial charge in [0.15, 0.2) is 0 Å². The number of amides is 1. The Morgan fingerprint density at radius 3 is 2.92 bits per heavy atom. The van der Waals surface area contributed by atoms with Gasteiger partial charge in [-0.05, 0) is 43.4 Å². The number of rotatable bonds is 3. The van der Waals surface area contributed by atoms with Crippen molar-refractivity contribution in [1.82, 2.24) is 14.9 Å². The first-order chi connectivity index (χ1) is 11.6. The Bertz CT molecular complexity index is 808. The van der Waals surface area contributed by atoms with E-state index in [1.807, 2.05) is 0 Å². The van der Waals surface area contributed by atoms with Gasteiger partial charge in [-0.1, -0.05) is 0 Å². The molecule has 2 aromatic rings. The van der Waals surface area contributed by atoms with E-state index in [-0.39, 0.29) is 12.4 Å². The minimum absolute atomic E-state index is 0.225. The Balaban J connectivity index is 1.65. The van der Waals surface area contributed by atoms with Crippen LogP contribution in [0, 0.1) is 5.82 Å². The van der Waals surface area contributed by atoms with E-state index in [0.29, 0.717) is 36.2 Å². The molecule has 2 aliphatic rings. The fourth-order valence-electron chi connectivity index (χ4n) is 3.01. The molecule has 1 aromatic carbocycles. The van der Waals surface area contributed by atoms with Crippen LogP contribution in [-0.2, 0) is 13.0 Å². The van der Waals surface area contributed by atoms with Crippen molar-refractivity contribution in [3.8, 4) is 11.6 Å². The molecule has 0 saturated heterocycles. The van der Waals surface area contributed by atoms with Crippen LogP contribution in [0.1, 0.15) is 35.6 Å². The molecule has 6 nitrogen and oxygen atoms in total. The van der Waals surface area contributed by atoms with Gasteiger partial charge in [-0.25, -0.2) is 19.2 Å². The summed E-state index contributed by atoms with van der Waals surface area (Å²) in [5.41, 5.74) is 2.34. The third kappa shape index (κ3) is 2.77. The summed E-state index contributed by atoms with van der Waals surface area (Å²) in [6.45, 7) is 0.605. The van der Waals surface area contributed by atoms with Crippen LogP contribution < -0.4 is 4.74 Å². The molecule has 0 unspecified atom stereocenters. The summed E-state index contributed by atoms with van der Waals surface area (Å²) in [6.07, 6.45) is 2.98. The van der Waals surface area contributed by atoms with E-state index in [4.69, 9.17) is 9.84 Å². The maximum atomic E-state index is 13.5. The molecule has 4 rings (SSSR count). The molecular formula is C17H16FN3O3. The molecule has 1 amide bonds. The third-order valence-corrected chi connectivity index (χ3v) is 4.43. The van der Waals surface area contributed by atoms with Crippen LogP contribution in [0.2, 0.25) is 0 Å². The highest BCUT2D eigenvalue weighted by atomic mass is 19.1. The van der Waals surface area contributed by atoms with Gasteiger partial charge in [-0.2, -0.15) is 0 Å². The highest BCUT2D eigenvalue weighted by molar-refractivity contribution is 5.65. The Labute approximate surface area is 137 Å². The number of fused-ring (bicyclic) bond motifs is 1. The number of benzene rings is 1. The van der Waals surface area contributed by atoms with Crippen LogP contribution in [0.4, 0.5) is 9.18 Å². The zero-order valence-corrected chi connectivity index (χ0v) is 12.9. The van der Waals surface area contributed by atoms with Gasteiger partial charge in [-0.15, -0.1) is 0 Å². The predicted octanol–water partition coefficient (Wildman–Crippen LogP) is 3.32. The Morgan fingerprint density at radius 1 is 1.33 bits per heavy atom. The van der Waals surface area contributed by atoms with Crippen molar-refractivity contribution in [2.24, 2.45) is 0 Å². The molecule has 1 aromatic heterocycles. The number of nitrogens with zero attached hydrogens (tertiary/aromatic N) is 3. The topological polar surface area (TPSA) is 75.5 Å². The normalized spacial score (nSPS) is 16.6. The van der Waals surface area contributed by atoms with Gasteiger partial charge in [-0.3, -0.25) is 0 Å². The summed E-state index contributed by atoms with van der Waals surface area (Å²) in [7, 11) is 0. The summed E-state index contributed by atoms with van der Waals surface area (Å²) >= 11 is 0. The van der Waals surface area contributed by atoms with Crippen molar-refractivity contribution in [2.45, 2.75) is 31.7 Å². The monoisotopic (exact) mass is 329 g/mol. The Kier molecular flexibility index (Phi) is 3.55. The summed E-state index contributed by atoms with van der Waals surface area (Å²) in [4.78, 5) is 20.8. The van der Waals surface area contributed by atoms with Gasteiger partial charge in [0.1, 0.15) is 17.9 Å². The van der Waals surface area contributed by atoms with Crippen molar-refractivity contribution in [3.05, 3.63) is 47.2 Å². The predicted molar refractivity (Wildman–Crippen MR) is 82.6 cm³/mol. The minimum atomic E-state index is -0.962. The number of halogens is 1. The highest BCUT2D eigenvalue weighted by Gasteiger charge is 2.29. The van der Waals surface area contributed by atoms with E-state index < -0.39 is 6.09 Å². The standard InChI is InChI=1S/C17H16FN3O3/c18-11-3-4-15(13(7-11)10-1-2-10)24-16-12-5-6-21(17(22)23)8-14(12)19-9-20-16/h3-4,7,9-10H,1-2,5-6,8H2,(H,22,23). The average molecular weight is 329 g/mol. The second-order valence-electron chi connectivity index (χ2n) is 6.12. The number of ether oxygens (including phenoxy) is 1.